The molecule has 170 valence electrons. The van der Waals surface area contributed by atoms with Crippen molar-refractivity contribution in [2.45, 2.75) is 76.9 Å². The molecule has 1 saturated carbocycles. The fourth-order valence-corrected chi connectivity index (χ4v) is 5.49. The average molecular weight is 445 g/mol. The monoisotopic (exact) mass is 444 g/mol. The van der Waals surface area contributed by atoms with Crippen molar-refractivity contribution < 1.29 is 4.79 Å². The first-order chi connectivity index (χ1) is 14.9. The summed E-state index contributed by atoms with van der Waals surface area (Å²) < 4.78 is 1.71. The zero-order valence-corrected chi connectivity index (χ0v) is 20.3. The second kappa shape index (κ2) is 10.4. The molecule has 1 fully saturated rings. The van der Waals surface area contributed by atoms with E-state index >= 15 is 0 Å². The Morgan fingerprint density at radius 1 is 1.26 bits per heavy atom. The number of aromatic nitrogens is 2. The first-order valence-electron chi connectivity index (χ1n) is 11.4. The highest BCUT2D eigenvalue weighted by Crippen LogP contribution is 2.32. The van der Waals surface area contributed by atoms with E-state index in [9.17, 15) is 9.59 Å². The van der Waals surface area contributed by atoms with E-state index in [-0.39, 0.29) is 18.0 Å². The minimum absolute atomic E-state index is 0.121. The Kier molecular flexibility index (Phi) is 7.92. The van der Waals surface area contributed by atoms with Crippen molar-refractivity contribution >= 4 is 23.4 Å². The molecule has 1 aliphatic carbocycles. The van der Waals surface area contributed by atoms with Gasteiger partial charge >= 0.3 is 0 Å². The first kappa shape index (κ1) is 23.5. The van der Waals surface area contributed by atoms with Gasteiger partial charge in [0.05, 0.1) is 12.1 Å². The van der Waals surface area contributed by atoms with E-state index in [1.54, 1.807) is 4.68 Å². The zero-order valence-electron chi connectivity index (χ0n) is 19.5. The number of amides is 1. The lowest BCUT2D eigenvalue weighted by Gasteiger charge is -2.37. The number of carbonyl (C=O) groups is 1. The molecule has 2 aromatic rings. The Hall–Kier alpha value is -2.15. The lowest BCUT2D eigenvalue weighted by molar-refractivity contribution is 0.0950. The third kappa shape index (κ3) is 5.03. The molecule has 0 bridgehead atoms. The lowest BCUT2D eigenvalue weighted by Crippen LogP contribution is -2.37. The van der Waals surface area contributed by atoms with Gasteiger partial charge in [-0.3, -0.25) is 19.4 Å². The highest BCUT2D eigenvalue weighted by atomic mass is 32.2. The third-order valence-electron chi connectivity index (χ3n) is 6.48. The Bertz CT molecular complexity index is 973. The Morgan fingerprint density at radius 2 is 1.97 bits per heavy atom. The minimum Gasteiger partial charge on any atom is -0.369 e. The molecule has 1 amide bonds. The Morgan fingerprint density at radius 3 is 2.58 bits per heavy atom. The van der Waals surface area contributed by atoms with Crippen LogP contribution in [0, 0.1) is 6.92 Å². The molecule has 1 aromatic heterocycles. The molecule has 7 heteroatoms. The predicted molar refractivity (Wildman–Crippen MR) is 129 cm³/mol. The second-order valence-corrected chi connectivity index (χ2v) is 9.18. The number of rotatable bonds is 8. The van der Waals surface area contributed by atoms with Crippen LogP contribution in [0.5, 0.6) is 0 Å². The van der Waals surface area contributed by atoms with Crippen LogP contribution in [-0.4, -0.2) is 34.5 Å². The van der Waals surface area contributed by atoms with Crippen LogP contribution >= 0.6 is 11.8 Å². The number of nitrogens with one attached hydrogen (secondary N) is 2. The molecule has 1 heterocycles. The average Bonchev–Trinajstić information content (AvgIpc) is 3.06. The maximum absolute atomic E-state index is 13.2. The van der Waals surface area contributed by atoms with E-state index in [2.05, 4.69) is 42.2 Å². The van der Waals surface area contributed by atoms with E-state index in [0.717, 1.165) is 23.6 Å². The van der Waals surface area contributed by atoms with E-state index < -0.39 is 0 Å². The maximum atomic E-state index is 13.2. The molecule has 1 aromatic carbocycles. The van der Waals surface area contributed by atoms with Crippen molar-refractivity contribution in [2.75, 3.05) is 17.7 Å². The van der Waals surface area contributed by atoms with Gasteiger partial charge in [-0.25, -0.2) is 0 Å². The third-order valence-corrected chi connectivity index (χ3v) is 7.39. The number of anilines is 1. The zero-order chi connectivity index (χ0) is 22.5. The number of nitrogens with zero attached hydrogens (tertiary/aromatic N) is 2. The predicted octanol–water partition coefficient (Wildman–Crippen LogP) is 4.40. The smallest absolute Gasteiger partial charge is 0.270 e. The van der Waals surface area contributed by atoms with Crippen LogP contribution < -0.4 is 15.8 Å². The van der Waals surface area contributed by atoms with Gasteiger partial charge in [-0.05, 0) is 62.6 Å². The van der Waals surface area contributed by atoms with Crippen molar-refractivity contribution in [1.29, 1.82) is 0 Å². The topological polar surface area (TPSA) is 70.1 Å². The number of benzene rings is 1. The van der Waals surface area contributed by atoms with Gasteiger partial charge < -0.3 is 10.2 Å². The molecule has 31 heavy (non-hydrogen) atoms. The van der Waals surface area contributed by atoms with E-state index in [1.807, 2.05) is 19.4 Å². The lowest BCUT2D eigenvalue weighted by atomic mass is 9.92. The molecule has 6 nitrogen and oxygen atoms in total. The molecule has 0 radical (unpaired) electrons. The Balaban J connectivity index is 1.89. The summed E-state index contributed by atoms with van der Waals surface area (Å²) in [6, 6.07) is 4.82. The minimum atomic E-state index is -0.152. The number of hydrogen-bond donors (Lipinski definition) is 2. The van der Waals surface area contributed by atoms with Crippen LogP contribution in [0.2, 0.25) is 0 Å². The summed E-state index contributed by atoms with van der Waals surface area (Å²) in [6.45, 7) is 7.55. The maximum Gasteiger partial charge on any atom is 0.270 e. The molecule has 0 unspecified atom stereocenters. The van der Waals surface area contributed by atoms with Crippen LogP contribution in [0.3, 0.4) is 0 Å². The molecule has 2 N–H and O–H groups in total. The molecule has 0 spiro atoms. The van der Waals surface area contributed by atoms with Gasteiger partial charge in [0.15, 0.2) is 0 Å². The molecule has 0 saturated heterocycles. The normalized spacial score (nSPS) is 14.6. The van der Waals surface area contributed by atoms with Gasteiger partial charge in [0.25, 0.3) is 11.5 Å². The molecule has 1 aliphatic rings. The summed E-state index contributed by atoms with van der Waals surface area (Å²) in [5, 5.41) is 6.61. The summed E-state index contributed by atoms with van der Waals surface area (Å²) >= 11 is 1.50. The van der Waals surface area contributed by atoms with Crippen molar-refractivity contribution in [3.05, 3.63) is 44.7 Å². The fraction of sp³-hybridized carbons (Fsp3) is 0.583. The van der Waals surface area contributed by atoms with Gasteiger partial charge in [-0.2, -0.15) is 0 Å². The largest absolute Gasteiger partial charge is 0.369 e. The summed E-state index contributed by atoms with van der Waals surface area (Å²) in [5.41, 5.74) is 4.53. The van der Waals surface area contributed by atoms with Crippen LogP contribution in [0.1, 0.15) is 73.0 Å². The molecule has 0 atom stereocenters. The van der Waals surface area contributed by atoms with Gasteiger partial charge in [-0.15, -0.1) is 11.8 Å². The van der Waals surface area contributed by atoms with E-state index in [1.165, 1.54) is 55.1 Å². The summed E-state index contributed by atoms with van der Waals surface area (Å²) in [6.07, 6.45) is 9.14. The summed E-state index contributed by atoms with van der Waals surface area (Å²) in [4.78, 5) is 28.0. The SMILES string of the molecule is CCc1cc(C(=O)NCc2c(SC)n(C)[nH]c2=O)c(C)c(N(CC)C2CCCCC2)c1. The van der Waals surface area contributed by atoms with Crippen molar-refractivity contribution in [3.8, 4) is 0 Å². The molecular weight excluding hydrogens is 408 g/mol. The fourth-order valence-electron chi connectivity index (χ4n) is 4.76. The quantitative estimate of drug-likeness (QED) is 0.592. The van der Waals surface area contributed by atoms with Crippen molar-refractivity contribution in [1.82, 2.24) is 15.1 Å². The Labute approximate surface area is 189 Å². The highest BCUT2D eigenvalue weighted by molar-refractivity contribution is 7.98. The van der Waals surface area contributed by atoms with Crippen molar-refractivity contribution in [3.63, 3.8) is 0 Å². The molecule has 0 aliphatic heterocycles. The van der Waals surface area contributed by atoms with Crippen LogP contribution in [0.4, 0.5) is 5.69 Å². The van der Waals surface area contributed by atoms with Gasteiger partial charge in [0.2, 0.25) is 0 Å². The first-order valence-corrected chi connectivity index (χ1v) is 12.6. The van der Waals surface area contributed by atoms with Crippen LogP contribution in [0.15, 0.2) is 22.0 Å². The highest BCUT2D eigenvalue weighted by Gasteiger charge is 2.24. The number of aryl methyl sites for hydroxylation is 2. The summed E-state index contributed by atoms with van der Waals surface area (Å²) in [5.74, 6) is -0.121. The second-order valence-electron chi connectivity index (χ2n) is 8.39. The number of hydrogen-bond acceptors (Lipinski definition) is 4. The number of carbonyl (C=O) groups excluding carboxylic acids is 1. The van der Waals surface area contributed by atoms with Crippen LogP contribution in [0.25, 0.3) is 0 Å². The summed E-state index contributed by atoms with van der Waals surface area (Å²) in [7, 11) is 1.81. The molecule has 3 rings (SSSR count). The van der Waals surface area contributed by atoms with Gasteiger partial charge in [0.1, 0.15) is 5.03 Å². The van der Waals surface area contributed by atoms with Gasteiger partial charge in [-0.1, -0.05) is 26.2 Å². The van der Waals surface area contributed by atoms with E-state index in [0.29, 0.717) is 17.2 Å². The number of H-pyrrole nitrogens is 1. The van der Waals surface area contributed by atoms with Crippen LogP contribution in [-0.2, 0) is 20.0 Å². The van der Waals surface area contributed by atoms with Crippen molar-refractivity contribution in [2.24, 2.45) is 7.05 Å². The molecular formula is C24H36N4O2S. The number of thioether (sulfide) groups is 1. The van der Waals surface area contributed by atoms with E-state index in [4.69, 9.17) is 0 Å². The number of aromatic amines is 1. The van der Waals surface area contributed by atoms with Gasteiger partial charge in [0, 0.05) is 30.9 Å². The standard InChI is InChI=1S/C24H36N4O2S/c1-6-17-13-19(22(29)25-15-20-23(30)26-27(4)24(20)31-5)16(3)21(14-17)28(7-2)18-11-9-8-10-12-18/h13-14,18H,6-12,15H2,1-5H3,(H,25,29)(H,26,30).